The normalized spacial score (nSPS) is 14.3. The van der Waals surface area contributed by atoms with Crippen molar-refractivity contribution in [3.8, 4) is 0 Å². The van der Waals surface area contributed by atoms with Crippen LogP contribution in [0.25, 0.3) is 0 Å². The van der Waals surface area contributed by atoms with Crippen LogP contribution in [0.2, 0.25) is 0 Å². The van der Waals surface area contributed by atoms with Crippen LogP contribution in [0.4, 0.5) is 11.4 Å². The largest absolute Gasteiger partial charge is 0.461 e. The number of ether oxygens (including phenoxy) is 2. The molecule has 14 nitrogen and oxygen atoms in total. The first-order chi connectivity index (χ1) is 27.7. The molecule has 0 saturated carbocycles. The van der Waals surface area contributed by atoms with Crippen LogP contribution >= 0.6 is 0 Å². The highest BCUT2D eigenvalue weighted by molar-refractivity contribution is 6.21. The zero-order chi connectivity index (χ0) is 44.9. The van der Waals surface area contributed by atoms with Gasteiger partial charge in [-0.3, -0.25) is 38.5 Å². The number of nitrogens with one attached hydrogen (secondary N) is 4. The molecule has 0 aromatic heterocycles. The average Bonchev–Trinajstić information content (AvgIpc) is 3.47. The van der Waals surface area contributed by atoms with Gasteiger partial charge in [-0.1, -0.05) is 72.2 Å². The molecule has 0 spiro atoms. The lowest BCUT2D eigenvalue weighted by Gasteiger charge is -2.30. The van der Waals surface area contributed by atoms with Gasteiger partial charge in [0.05, 0.1) is 30.2 Å². The lowest BCUT2D eigenvalue weighted by Crippen LogP contribution is -2.46. The van der Waals surface area contributed by atoms with E-state index in [0.717, 1.165) is 11.1 Å². The van der Waals surface area contributed by atoms with Crippen molar-refractivity contribution in [3.05, 3.63) is 59.7 Å². The molecule has 2 aromatic carbocycles. The van der Waals surface area contributed by atoms with Crippen LogP contribution in [0.15, 0.2) is 48.5 Å². The highest BCUT2D eigenvalue weighted by atomic mass is 16.5. The summed E-state index contributed by atoms with van der Waals surface area (Å²) in [7, 11) is 0. The first-order valence-electron chi connectivity index (χ1n) is 20.7. The molecule has 1 aliphatic rings. The Balaban J connectivity index is 0.00000332. The van der Waals surface area contributed by atoms with Gasteiger partial charge < -0.3 is 30.7 Å². The second-order valence-corrected chi connectivity index (χ2v) is 16.0. The van der Waals surface area contributed by atoms with Crippen LogP contribution in [0.3, 0.4) is 0 Å². The van der Waals surface area contributed by atoms with Gasteiger partial charge in [0, 0.05) is 37.6 Å². The molecule has 0 aliphatic carbocycles. The maximum Gasteiger partial charge on any atom is 0.302 e. The fraction of sp³-hybridized carbons (Fsp3) is 0.578. The van der Waals surface area contributed by atoms with E-state index in [1.165, 1.54) is 25.2 Å². The molecule has 1 saturated heterocycles. The second kappa shape index (κ2) is 25.4. The molecule has 1 fully saturated rings. The molecule has 328 valence electrons. The third-order valence-electron chi connectivity index (χ3n) is 9.08. The van der Waals surface area contributed by atoms with Gasteiger partial charge in [0.2, 0.25) is 35.4 Å². The van der Waals surface area contributed by atoms with Crippen molar-refractivity contribution in [1.82, 2.24) is 16.0 Å². The van der Waals surface area contributed by atoms with Gasteiger partial charge in [0.1, 0.15) is 12.6 Å². The van der Waals surface area contributed by atoms with Crippen LogP contribution in [0.5, 0.6) is 0 Å². The maximum absolute atomic E-state index is 12.9. The van der Waals surface area contributed by atoms with Gasteiger partial charge in [-0.2, -0.15) is 0 Å². The molecule has 59 heavy (non-hydrogen) atoms. The topological polar surface area (TPSA) is 189 Å². The van der Waals surface area contributed by atoms with Gasteiger partial charge in [0.25, 0.3) is 0 Å². The van der Waals surface area contributed by atoms with E-state index >= 15 is 0 Å². The molecule has 3 rings (SSSR count). The fourth-order valence-electron chi connectivity index (χ4n) is 5.69. The molecule has 14 heteroatoms. The summed E-state index contributed by atoms with van der Waals surface area (Å²) < 4.78 is 11.0. The zero-order valence-corrected chi connectivity index (χ0v) is 37.3. The molecule has 1 aliphatic heterocycles. The summed E-state index contributed by atoms with van der Waals surface area (Å²) in [5.41, 5.74) is 1.29. The number of amides is 6. The molecule has 2 unspecified atom stereocenters. The lowest BCUT2D eigenvalue weighted by atomic mass is 9.94. The van der Waals surface area contributed by atoms with E-state index in [-0.39, 0.29) is 73.8 Å². The molecule has 4 N–H and O–H groups in total. The van der Waals surface area contributed by atoms with E-state index in [1.807, 2.05) is 55.4 Å². The molecular formula is C45H69N5O9. The monoisotopic (exact) mass is 824 g/mol. The Labute approximate surface area is 351 Å². The highest BCUT2D eigenvalue weighted by Gasteiger charge is 2.40. The van der Waals surface area contributed by atoms with Crippen molar-refractivity contribution in [2.45, 2.75) is 145 Å². The third kappa shape index (κ3) is 19.5. The van der Waals surface area contributed by atoms with Gasteiger partial charge in [-0.05, 0) is 88.8 Å². The minimum Gasteiger partial charge on any atom is -0.461 e. The van der Waals surface area contributed by atoms with Gasteiger partial charge in [-0.25, -0.2) is 0 Å². The van der Waals surface area contributed by atoms with Gasteiger partial charge in [-0.15, -0.1) is 0 Å². The Morgan fingerprint density at radius 3 is 1.95 bits per heavy atom. The van der Waals surface area contributed by atoms with E-state index in [9.17, 15) is 33.6 Å². The predicted octanol–water partition coefficient (Wildman–Crippen LogP) is 6.39. The van der Waals surface area contributed by atoms with Crippen molar-refractivity contribution >= 4 is 52.8 Å². The average molecular weight is 824 g/mol. The van der Waals surface area contributed by atoms with Gasteiger partial charge >= 0.3 is 5.97 Å². The number of imide groups is 1. The van der Waals surface area contributed by atoms with E-state index < -0.39 is 29.0 Å². The summed E-state index contributed by atoms with van der Waals surface area (Å²) >= 11 is 0. The number of anilines is 2. The van der Waals surface area contributed by atoms with Crippen molar-refractivity contribution in [2.75, 3.05) is 23.4 Å². The third-order valence-corrected chi connectivity index (χ3v) is 9.08. The SMILES string of the molecule is CC.CC(=O)OCc1ccc(NC(=O)C(C)NC(=O)CNC(=O)CCC(C)(C)OCCC(C)(C)NC(=O)Cc2ccc(N3C(=O)CC(C(C)C)C3=O)cc2)cc1.CCC. The standard InChI is InChI=1S/C40H55N5O9.C3H8.C2H6/c1-25(2)32-22-36(50)45(38(32)52)31-15-11-28(12-16-31)21-34(48)44-39(5,6)19-20-54-40(7,8)18-17-33(47)41-23-35(49)42-26(3)37(51)43-30-13-9-29(10-14-30)24-53-27(4)46;1-3-2;1-2/h9-16,25-26,32H,17-24H2,1-8H3,(H,41,47)(H,42,49)(H,43,51)(H,44,48);3H2,1-2H3;1-2H3. The Kier molecular flexibility index (Phi) is 22.3. The quantitative estimate of drug-likeness (QED) is 0.0920. The predicted molar refractivity (Wildman–Crippen MR) is 230 cm³/mol. The zero-order valence-electron chi connectivity index (χ0n) is 37.3. The molecule has 2 aromatic rings. The van der Waals surface area contributed by atoms with Crippen LogP contribution in [0.1, 0.15) is 126 Å². The molecule has 1 heterocycles. The Morgan fingerprint density at radius 1 is 0.831 bits per heavy atom. The number of esters is 1. The fourth-order valence-corrected chi connectivity index (χ4v) is 5.69. The lowest BCUT2D eigenvalue weighted by molar-refractivity contribution is -0.142. The summed E-state index contributed by atoms with van der Waals surface area (Å²) in [5, 5.41) is 10.9. The summed E-state index contributed by atoms with van der Waals surface area (Å²) in [4.78, 5) is 87.7. The number of nitrogens with zero attached hydrogens (tertiary/aromatic N) is 1. The maximum atomic E-state index is 12.9. The number of rotatable bonds is 19. The highest BCUT2D eigenvalue weighted by Crippen LogP contribution is 2.31. The van der Waals surface area contributed by atoms with Crippen molar-refractivity contribution in [2.24, 2.45) is 11.8 Å². The van der Waals surface area contributed by atoms with Crippen LogP contribution in [-0.4, -0.2) is 71.7 Å². The van der Waals surface area contributed by atoms with Crippen molar-refractivity contribution in [3.63, 3.8) is 0 Å². The first-order valence-corrected chi connectivity index (χ1v) is 20.7. The smallest absolute Gasteiger partial charge is 0.302 e. The number of hydrogen-bond acceptors (Lipinski definition) is 9. The van der Waals surface area contributed by atoms with Crippen LogP contribution < -0.4 is 26.2 Å². The number of carbonyl (C=O) groups is 7. The molecule has 0 bridgehead atoms. The van der Waals surface area contributed by atoms with Crippen LogP contribution in [-0.2, 0) is 56.1 Å². The van der Waals surface area contributed by atoms with Crippen molar-refractivity contribution < 1.29 is 43.0 Å². The summed E-state index contributed by atoms with van der Waals surface area (Å²) in [6.07, 6.45) is 2.59. The Bertz CT molecular complexity index is 1690. The number of carbonyl (C=O) groups excluding carboxylic acids is 7. The Morgan fingerprint density at radius 2 is 1.41 bits per heavy atom. The van der Waals surface area contributed by atoms with E-state index in [4.69, 9.17) is 9.47 Å². The molecular weight excluding hydrogens is 755 g/mol. The molecule has 2 atom stereocenters. The minimum atomic E-state index is -0.859. The summed E-state index contributed by atoms with van der Waals surface area (Å²) in [6, 6.07) is 12.8. The van der Waals surface area contributed by atoms with Gasteiger partial charge in [0.15, 0.2) is 0 Å². The first kappa shape index (κ1) is 51.9. The number of benzene rings is 2. The van der Waals surface area contributed by atoms with E-state index in [0.29, 0.717) is 30.8 Å². The second-order valence-electron chi connectivity index (χ2n) is 16.0. The van der Waals surface area contributed by atoms with E-state index in [2.05, 4.69) is 35.1 Å². The summed E-state index contributed by atoms with van der Waals surface area (Å²) in [5.74, 6) is -2.51. The molecule has 0 radical (unpaired) electrons. The minimum absolute atomic E-state index is 0.0764. The summed E-state index contributed by atoms with van der Waals surface area (Å²) in [6.45, 7) is 22.6. The van der Waals surface area contributed by atoms with E-state index in [1.54, 1.807) is 48.5 Å². The van der Waals surface area contributed by atoms with Crippen LogP contribution in [0, 0.1) is 11.8 Å². The number of hydrogen-bond donors (Lipinski definition) is 4. The molecule has 6 amide bonds. The van der Waals surface area contributed by atoms with Crippen molar-refractivity contribution in [1.29, 1.82) is 0 Å². The Hall–Kier alpha value is -5.11.